The number of pyridine rings is 1. The third-order valence-corrected chi connectivity index (χ3v) is 8.17. The monoisotopic (exact) mass is 566 g/mol. The molecule has 1 aliphatic carbocycles. The number of phenols is 3. The molecule has 0 bridgehead atoms. The van der Waals surface area contributed by atoms with Crippen LogP contribution in [0, 0.1) is 5.92 Å². The first-order chi connectivity index (χ1) is 19.6. The number of aryl methyl sites for hydroxylation is 2. The molecule has 1 heterocycles. The lowest BCUT2D eigenvalue weighted by Crippen LogP contribution is -2.46. The van der Waals surface area contributed by atoms with Crippen LogP contribution in [-0.4, -0.2) is 62.7 Å². The predicted octanol–water partition coefficient (Wildman–Crippen LogP) is 3.39. The lowest BCUT2D eigenvalue weighted by Gasteiger charge is -2.40. The van der Waals surface area contributed by atoms with Crippen molar-refractivity contribution in [1.29, 1.82) is 0 Å². The van der Waals surface area contributed by atoms with Crippen LogP contribution in [0.3, 0.4) is 0 Å². The number of hydrogen-bond acceptors (Lipinski definition) is 10. The van der Waals surface area contributed by atoms with Crippen LogP contribution >= 0.6 is 0 Å². The average Bonchev–Trinajstić information content (AvgIpc) is 3.35. The molecule has 0 saturated heterocycles. The number of phenolic OH excluding ortho intramolecular Hbond substituents is 3. The maximum absolute atomic E-state index is 14.1. The van der Waals surface area contributed by atoms with Crippen molar-refractivity contribution in [1.82, 2.24) is 4.98 Å². The average molecular weight is 567 g/mol. The Kier molecular flexibility index (Phi) is 9.25. The topological polar surface area (TPSA) is 176 Å². The number of nitrogen functional groups attached to an aromatic ring is 1. The van der Waals surface area contributed by atoms with E-state index >= 15 is 0 Å². The molecule has 220 valence electrons. The highest BCUT2D eigenvalue weighted by Gasteiger charge is 2.51. The van der Waals surface area contributed by atoms with Gasteiger partial charge >= 0.3 is 0 Å². The molecule has 10 heteroatoms. The Hall–Kier alpha value is -4.02. The molecule has 1 aromatic heterocycles. The standard InChI is InChI=1S/C31H38N2O8/c1-40-26-14-18(3-6-22(26)35)4-7-23(36)29(24(37)8-5-19-13-25(38)30(39)27(15-19)41-2)31(11-9-21(34)17-31)20-10-12-33-28(32)16-20/h3,6,10,12-16,21,23,29,34-36,38-39H,4-5,7-9,11,17H2,1-2H3,(H2,32,33). The highest BCUT2D eigenvalue weighted by atomic mass is 16.5. The number of hydrogen-bond donors (Lipinski definition) is 6. The minimum absolute atomic E-state index is 0.0101. The van der Waals surface area contributed by atoms with E-state index in [0.717, 1.165) is 11.1 Å². The SMILES string of the molecule is COc1cc(CCC(O)C(C(=O)CCc2cc(O)c(O)c(OC)c2)C2(c3ccnc(N)c3)CCC(O)C2)ccc1O. The number of aromatic hydroxyl groups is 3. The fourth-order valence-corrected chi connectivity index (χ4v) is 6.15. The highest BCUT2D eigenvalue weighted by molar-refractivity contribution is 5.84. The van der Waals surface area contributed by atoms with Gasteiger partial charge in [0.2, 0.25) is 5.75 Å². The molecular formula is C31H38N2O8. The van der Waals surface area contributed by atoms with Crippen LogP contribution in [0.5, 0.6) is 28.7 Å². The van der Waals surface area contributed by atoms with Crippen LogP contribution in [0.2, 0.25) is 0 Å². The highest BCUT2D eigenvalue weighted by Crippen LogP contribution is 2.50. The molecule has 41 heavy (non-hydrogen) atoms. The summed E-state index contributed by atoms with van der Waals surface area (Å²) in [6.45, 7) is 0. The second-order valence-corrected chi connectivity index (χ2v) is 10.7. The molecule has 4 rings (SSSR count). The van der Waals surface area contributed by atoms with Crippen molar-refractivity contribution < 1.29 is 39.8 Å². The number of carbonyl (C=O) groups is 1. The molecular weight excluding hydrogens is 528 g/mol. The summed E-state index contributed by atoms with van der Waals surface area (Å²) in [5.74, 6) is -1.09. The zero-order chi connectivity index (χ0) is 29.7. The zero-order valence-corrected chi connectivity index (χ0v) is 23.3. The third-order valence-electron chi connectivity index (χ3n) is 8.17. The van der Waals surface area contributed by atoms with E-state index in [4.69, 9.17) is 15.2 Å². The van der Waals surface area contributed by atoms with Gasteiger partial charge in [-0.2, -0.15) is 0 Å². The van der Waals surface area contributed by atoms with E-state index in [1.807, 2.05) is 0 Å². The summed E-state index contributed by atoms with van der Waals surface area (Å²) >= 11 is 0. The number of aliphatic hydroxyl groups excluding tert-OH is 2. The first-order valence-electron chi connectivity index (χ1n) is 13.6. The van der Waals surface area contributed by atoms with Gasteiger partial charge < -0.3 is 40.7 Å². The fraction of sp³-hybridized carbons (Fsp3) is 0.419. The van der Waals surface area contributed by atoms with Gasteiger partial charge in [0.1, 0.15) is 11.6 Å². The van der Waals surface area contributed by atoms with Gasteiger partial charge in [-0.1, -0.05) is 6.07 Å². The largest absolute Gasteiger partial charge is 0.504 e. The van der Waals surface area contributed by atoms with Gasteiger partial charge in [0.25, 0.3) is 0 Å². The van der Waals surface area contributed by atoms with E-state index in [-0.39, 0.29) is 60.3 Å². The number of Topliss-reactive ketones (excluding diaryl/α,β-unsaturated/α-hetero) is 1. The maximum Gasteiger partial charge on any atom is 0.200 e. The molecule has 0 amide bonds. The van der Waals surface area contributed by atoms with Crippen molar-refractivity contribution in [3.05, 3.63) is 65.4 Å². The number of nitrogens with two attached hydrogens (primary N) is 1. The first kappa shape index (κ1) is 30.0. The van der Waals surface area contributed by atoms with Crippen LogP contribution < -0.4 is 15.2 Å². The molecule has 4 unspecified atom stereocenters. The number of rotatable bonds is 12. The number of anilines is 1. The van der Waals surface area contributed by atoms with Crippen LogP contribution in [0.4, 0.5) is 5.82 Å². The maximum atomic E-state index is 14.1. The molecule has 10 nitrogen and oxygen atoms in total. The lowest BCUT2D eigenvalue weighted by molar-refractivity contribution is -0.130. The Morgan fingerprint density at radius 1 is 1.02 bits per heavy atom. The van der Waals surface area contributed by atoms with E-state index in [9.17, 15) is 30.3 Å². The number of aliphatic hydroxyl groups is 2. The van der Waals surface area contributed by atoms with Crippen molar-refractivity contribution in [3.63, 3.8) is 0 Å². The summed E-state index contributed by atoms with van der Waals surface area (Å²) in [6, 6.07) is 11.4. The van der Waals surface area contributed by atoms with E-state index in [0.29, 0.717) is 30.6 Å². The van der Waals surface area contributed by atoms with E-state index in [1.54, 1.807) is 36.5 Å². The van der Waals surface area contributed by atoms with Crippen LogP contribution in [-0.2, 0) is 23.1 Å². The van der Waals surface area contributed by atoms with Crippen molar-refractivity contribution >= 4 is 11.6 Å². The van der Waals surface area contributed by atoms with Crippen molar-refractivity contribution in [2.45, 2.75) is 62.6 Å². The molecule has 1 saturated carbocycles. The Bertz CT molecular complexity index is 1380. The number of methoxy groups -OCH3 is 2. The lowest BCUT2D eigenvalue weighted by atomic mass is 9.64. The van der Waals surface area contributed by atoms with Gasteiger partial charge in [-0.05, 0) is 91.6 Å². The molecule has 7 N–H and O–H groups in total. The Morgan fingerprint density at radius 3 is 2.41 bits per heavy atom. The number of aromatic nitrogens is 1. The zero-order valence-electron chi connectivity index (χ0n) is 23.3. The molecule has 4 atom stereocenters. The first-order valence-corrected chi connectivity index (χ1v) is 13.6. The van der Waals surface area contributed by atoms with Gasteiger partial charge in [-0.15, -0.1) is 0 Å². The third kappa shape index (κ3) is 6.49. The summed E-state index contributed by atoms with van der Waals surface area (Å²) in [5, 5.41) is 52.4. The summed E-state index contributed by atoms with van der Waals surface area (Å²) in [6.07, 6.45) is 2.03. The molecule has 0 spiro atoms. The second kappa shape index (κ2) is 12.7. The number of nitrogens with zero attached hydrogens (tertiary/aromatic N) is 1. The van der Waals surface area contributed by atoms with Crippen LogP contribution in [0.15, 0.2) is 48.7 Å². The second-order valence-electron chi connectivity index (χ2n) is 10.7. The van der Waals surface area contributed by atoms with E-state index in [2.05, 4.69) is 4.98 Å². The van der Waals surface area contributed by atoms with Crippen LogP contribution in [0.25, 0.3) is 0 Å². The number of benzene rings is 2. The molecule has 1 fully saturated rings. The quantitative estimate of drug-likeness (QED) is 0.178. The molecule has 3 aromatic rings. The van der Waals surface area contributed by atoms with Crippen molar-refractivity contribution in [2.75, 3.05) is 20.0 Å². The summed E-state index contributed by atoms with van der Waals surface area (Å²) in [5.41, 5.74) is 7.31. The predicted molar refractivity (Wildman–Crippen MR) is 152 cm³/mol. The van der Waals surface area contributed by atoms with Gasteiger partial charge in [0.05, 0.1) is 32.3 Å². The van der Waals surface area contributed by atoms with E-state index in [1.165, 1.54) is 26.4 Å². The molecule has 1 aliphatic rings. The number of ketones is 1. The fourth-order valence-electron chi connectivity index (χ4n) is 6.15. The van der Waals surface area contributed by atoms with Crippen LogP contribution in [0.1, 0.15) is 48.8 Å². The molecule has 0 aliphatic heterocycles. The van der Waals surface area contributed by atoms with Gasteiger partial charge in [-0.25, -0.2) is 4.98 Å². The van der Waals surface area contributed by atoms with Gasteiger partial charge in [0, 0.05) is 18.0 Å². The number of ether oxygens (including phenoxy) is 2. The minimum atomic E-state index is -1.07. The summed E-state index contributed by atoms with van der Waals surface area (Å²) < 4.78 is 10.3. The van der Waals surface area contributed by atoms with Crippen molar-refractivity contribution in [3.8, 4) is 28.7 Å². The Morgan fingerprint density at radius 2 is 1.76 bits per heavy atom. The summed E-state index contributed by atoms with van der Waals surface area (Å²) in [4.78, 5) is 18.2. The summed E-state index contributed by atoms with van der Waals surface area (Å²) in [7, 11) is 2.83. The Balaban J connectivity index is 1.66. The normalized spacial score (nSPS) is 20.0. The van der Waals surface area contributed by atoms with E-state index < -0.39 is 23.5 Å². The van der Waals surface area contributed by atoms with Gasteiger partial charge in [0.15, 0.2) is 23.0 Å². The number of carbonyl (C=O) groups excluding carboxylic acids is 1. The van der Waals surface area contributed by atoms with Gasteiger partial charge in [-0.3, -0.25) is 4.79 Å². The molecule has 2 aromatic carbocycles. The molecule has 0 radical (unpaired) electrons. The minimum Gasteiger partial charge on any atom is -0.504 e. The Labute approximate surface area is 239 Å². The van der Waals surface area contributed by atoms with Crippen molar-refractivity contribution in [2.24, 2.45) is 5.92 Å². The smallest absolute Gasteiger partial charge is 0.200 e.